The summed E-state index contributed by atoms with van der Waals surface area (Å²) in [6.45, 7) is 6.58. The summed E-state index contributed by atoms with van der Waals surface area (Å²) in [6, 6.07) is 0. The number of hydrogen-bond donors (Lipinski definition) is 1. The summed E-state index contributed by atoms with van der Waals surface area (Å²) in [6.07, 6.45) is 7.40. The van der Waals surface area contributed by atoms with Gasteiger partial charge in [-0.25, -0.2) is 0 Å². The zero-order valence-electron chi connectivity index (χ0n) is 7.95. The fraction of sp³-hybridized carbons (Fsp3) is 1.00. The maximum atomic E-state index is 3.48. The number of hydrogen-bond acceptors (Lipinski definition) is 1. The van der Waals surface area contributed by atoms with E-state index in [4.69, 9.17) is 0 Å². The summed E-state index contributed by atoms with van der Waals surface area (Å²) in [7, 11) is 0. The molecule has 68 valence electrons. The van der Waals surface area contributed by atoms with Crippen LogP contribution in [0.25, 0.3) is 0 Å². The van der Waals surface area contributed by atoms with Crippen LogP contribution in [0.15, 0.2) is 0 Å². The Morgan fingerprint density at radius 3 is 2.00 bits per heavy atom. The van der Waals surface area contributed by atoms with Crippen LogP contribution >= 0.6 is 0 Å². The molecule has 1 saturated carbocycles. The van der Waals surface area contributed by atoms with Gasteiger partial charge in [0.2, 0.25) is 0 Å². The van der Waals surface area contributed by atoms with Gasteiger partial charge in [-0.1, -0.05) is 20.3 Å². The van der Waals surface area contributed by atoms with Crippen molar-refractivity contribution in [2.45, 2.75) is 46.0 Å². The molecular formula is C10H23N. The summed E-state index contributed by atoms with van der Waals surface area (Å²) >= 11 is 0. The zero-order chi connectivity index (χ0) is 8.16. The standard InChI is InChI=1S/C8H15N.C2H6.H2/c1-3-8(4-1)5-2-6-9-7-8;1-2;/h9H,1-7H2;1-2H3;1H. The maximum Gasteiger partial charge on any atom is 0.000781 e. The fourth-order valence-electron chi connectivity index (χ4n) is 2.13. The quantitative estimate of drug-likeness (QED) is 0.570. The molecule has 1 aliphatic heterocycles. The predicted octanol–water partition coefficient (Wildman–Crippen LogP) is 2.81. The van der Waals surface area contributed by atoms with Gasteiger partial charge in [0.15, 0.2) is 0 Å². The molecule has 0 aromatic rings. The van der Waals surface area contributed by atoms with Crippen molar-refractivity contribution in [2.75, 3.05) is 13.1 Å². The zero-order valence-corrected chi connectivity index (χ0v) is 7.95. The third-order valence-corrected chi connectivity index (χ3v) is 2.97. The molecule has 11 heavy (non-hydrogen) atoms. The third kappa shape index (κ3) is 1.96. The molecule has 2 rings (SSSR count). The highest BCUT2D eigenvalue weighted by Gasteiger charge is 2.37. The van der Waals surface area contributed by atoms with Crippen LogP contribution in [-0.2, 0) is 0 Å². The van der Waals surface area contributed by atoms with E-state index >= 15 is 0 Å². The molecule has 1 saturated heterocycles. The lowest BCUT2D eigenvalue weighted by Gasteiger charge is -2.45. The van der Waals surface area contributed by atoms with E-state index in [1.807, 2.05) is 13.8 Å². The molecular weight excluding hydrogens is 134 g/mol. The van der Waals surface area contributed by atoms with Crippen molar-refractivity contribution in [3.05, 3.63) is 0 Å². The molecule has 0 radical (unpaired) electrons. The van der Waals surface area contributed by atoms with Crippen LogP contribution in [0.5, 0.6) is 0 Å². The molecule has 1 heterocycles. The van der Waals surface area contributed by atoms with Crippen molar-refractivity contribution >= 4 is 0 Å². The minimum Gasteiger partial charge on any atom is -0.316 e. The third-order valence-electron chi connectivity index (χ3n) is 2.97. The molecule has 1 heteroatoms. The van der Waals surface area contributed by atoms with E-state index in [1.54, 1.807) is 0 Å². The van der Waals surface area contributed by atoms with Crippen LogP contribution in [0.4, 0.5) is 0 Å². The average Bonchev–Trinajstić information content (AvgIpc) is 2.07. The first kappa shape index (κ1) is 9.05. The van der Waals surface area contributed by atoms with Crippen molar-refractivity contribution in [3.8, 4) is 0 Å². The minimum absolute atomic E-state index is 0. The smallest absolute Gasteiger partial charge is 0.000781 e. The number of rotatable bonds is 0. The molecule has 2 aliphatic rings. The van der Waals surface area contributed by atoms with Crippen LogP contribution in [0, 0.1) is 5.41 Å². The van der Waals surface area contributed by atoms with Crippen molar-refractivity contribution in [1.82, 2.24) is 5.32 Å². The molecule has 1 aliphatic carbocycles. The Bertz CT molecular complexity index is 102. The molecule has 0 aromatic heterocycles. The maximum absolute atomic E-state index is 3.48. The fourth-order valence-corrected chi connectivity index (χ4v) is 2.13. The first-order valence-corrected chi connectivity index (χ1v) is 5.12. The van der Waals surface area contributed by atoms with Gasteiger partial charge in [-0.3, -0.25) is 0 Å². The van der Waals surface area contributed by atoms with Gasteiger partial charge < -0.3 is 5.32 Å². The Morgan fingerprint density at radius 1 is 1.09 bits per heavy atom. The second kappa shape index (κ2) is 4.10. The molecule has 1 spiro atoms. The van der Waals surface area contributed by atoms with Crippen LogP contribution in [0.3, 0.4) is 0 Å². The van der Waals surface area contributed by atoms with Gasteiger partial charge >= 0.3 is 0 Å². The molecule has 0 unspecified atom stereocenters. The largest absolute Gasteiger partial charge is 0.316 e. The second-order valence-electron chi connectivity index (χ2n) is 3.63. The molecule has 2 fully saturated rings. The van der Waals surface area contributed by atoms with Gasteiger partial charge in [-0.05, 0) is 37.6 Å². The van der Waals surface area contributed by atoms with Crippen molar-refractivity contribution in [3.63, 3.8) is 0 Å². The van der Waals surface area contributed by atoms with E-state index < -0.39 is 0 Å². The van der Waals surface area contributed by atoms with Crippen LogP contribution in [0.2, 0.25) is 0 Å². The summed E-state index contributed by atoms with van der Waals surface area (Å²) in [4.78, 5) is 0. The van der Waals surface area contributed by atoms with E-state index in [-0.39, 0.29) is 1.43 Å². The molecule has 1 N–H and O–H groups in total. The van der Waals surface area contributed by atoms with Gasteiger partial charge in [-0.2, -0.15) is 0 Å². The van der Waals surface area contributed by atoms with Crippen LogP contribution in [-0.4, -0.2) is 13.1 Å². The Balaban J connectivity index is 0.000000378. The Kier molecular flexibility index (Phi) is 3.38. The molecule has 0 amide bonds. The molecule has 0 atom stereocenters. The van der Waals surface area contributed by atoms with E-state index in [2.05, 4.69) is 5.32 Å². The van der Waals surface area contributed by atoms with Gasteiger partial charge in [0.25, 0.3) is 0 Å². The molecule has 0 aromatic carbocycles. The normalized spacial score (nSPS) is 26.7. The number of nitrogens with one attached hydrogen (secondary N) is 1. The first-order valence-electron chi connectivity index (χ1n) is 5.12. The minimum atomic E-state index is 0. The first-order chi connectivity index (χ1) is 5.41. The Hall–Kier alpha value is -0.0400. The van der Waals surface area contributed by atoms with E-state index in [0.29, 0.717) is 0 Å². The van der Waals surface area contributed by atoms with Crippen LogP contribution in [0.1, 0.15) is 47.4 Å². The van der Waals surface area contributed by atoms with E-state index in [1.165, 1.54) is 45.2 Å². The van der Waals surface area contributed by atoms with E-state index in [0.717, 1.165) is 5.41 Å². The van der Waals surface area contributed by atoms with Gasteiger partial charge in [0, 0.05) is 7.97 Å². The SMILES string of the molecule is C1CNCC2(C1)CCC2.CC.[HH]. The predicted molar refractivity (Wildman–Crippen MR) is 51.8 cm³/mol. The summed E-state index contributed by atoms with van der Waals surface area (Å²) in [5, 5.41) is 3.48. The van der Waals surface area contributed by atoms with Crippen LogP contribution < -0.4 is 5.32 Å². The second-order valence-corrected chi connectivity index (χ2v) is 3.63. The summed E-state index contributed by atoms with van der Waals surface area (Å²) in [5.41, 5.74) is 0.790. The van der Waals surface area contributed by atoms with Crippen molar-refractivity contribution in [2.24, 2.45) is 5.41 Å². The summed E-state index contributed by atoms with van der Waals surface area (Å²) < 4.78 is 0. The van der Waals surface area contributed by atoms with Gasteiger partial charge in [-0.15, -0.1) is 0 Å². The Labute approximate surface area is 72.1 Å². The lowest BCUT2D eigenvalue weighted by atomic mass is 9.65. The van der Waals surface area contributed by atoms with Gasteiger partial charge in [0.05, 0.1) is 0 Å². The highest BCUT2D eigenvalue weighted by molar-refractivity contribution is 4.91. The summed E-state index contributed by atoms with van der Waals surface area (Å²) in [5.74, 6) is 0. The highest BCUT2D eigenvalue weighted by Crippen LogP contribution is 2.45. The van der Waals surface area contributed by atoms with Gasteiger partial charge in [0.1, 0.15) is 0 Å². The Morgan fingerprint density at radius 2 is 1.73 bits per heavy atom. The van der Waals surface area contributed by atoms with Crippen molar-refractivity contribution < 1.29 is 1.43 Å². The monoisotopic (exact) mass is 157 g/mol. The van der Waals surface area contributed by atoms with Crippen molar-refractivity contribution in [1.29, 1.82) is 0 Å². The average molecular weight is 157 g/mol. The lowest BCUT2D eigenvalue weighted by molar-refractivity contribution is 0.0935. The molecule has 0 bridgehead atoms. The topological polar surface area (TPSA) is 12.0 Å². The number of piperidine rings is 1. The van der Waals surface area contributed by atoms with E-state index in [9.17, 15) is 0 Å². The highest BCUT2D eigenvalue weighted by atomic mass is 14.9. The molecule has 1 nitrogen and oxygen atoms in total. The lowest BCUT2D eigenvalue weighted by Crippen LogP contribution is -2.44.